The van der Waals surface area contributed by atoms with Gasteiger partial charge in [0.2, 0.25) is 5.91 Å². The first-order valence-electron chi connectivity index (χ1n) is 10.9. The van der Waals surface area contributed by atoms with Crippen molar-refractivity contribution in [1.82, 2.24) is 9.88 Å². The first-order valence-corrected chi connectivity index (χ1v) is 10.9. The zero-order valence-corrected chi connectivity index (χ0v) is 18.8. The van der Waals surface area contributed by atoms with E-state index in [1.165, 1.54) is 0 Å². The number of ether oxygens (including phenoxy) is 1. The number of aromatic nitrogens is 1. The van der Waals surface area contributed by atoms with Crippen molar-refractivity contribution in [3.05, 3.63) is 53.7 Å². The number of nitrogens with one attached hydrogen (secondary N) is 1. The Balaban J connectivity index is 1.55. The molecule has 1 amide bonds. The van der Waals surface area contributed by atoms with E-state index >= 15 is 0 Å². The van der Waals surface area contributed by atoms with Gasteiger partial charge < -0.3 is 15.0 Å². The molecule has 1 aliphatic rings. The minimum Gasteiger partial charge on any atom is -0.462 e. The standard InChI is InChI=1S/C24H32N4O3/c1-5-31-24(30)19-10-11-22(25-16-19)28-14-12-27(13-15-28)18(4)23(29)26-21-9-7-6-8-20(21)17(2)3/h6-11,16-18H,5,12-15H2,1-4H3,(H,26,29). The smallest absolute Gasteiger partial charge is 0.339 e. The van der Waals surface area contributed by atoms with E-state index in [1.807, 2.05) is 31.2 Å². The molecule has 31 heavy (non-hydrogen) atoms. The lowest BCUT2D eigenvalue weighted by Gasteiger charge is -2.38. The van der Waals surface area contributed by atoms with Crippen molar-refractivity contribution in [2.45, 2.75) is 39.7 Å². The molecule has 0 spiro atoms. The van der Waals surface area contributed by atoms with Gasteiger partial charge in [-0.1, -0.05) is 32.0 Å². The Hall–Kier alpha value is -2.93. The van der Waals surface area contributed by atoms with Crippen molar-refractivity contribution in [2.75, 3.05) is 43.0 Å². The van der Waals surface area contributed by atoms with Crippen molar-refractivity contribution in [3.63, 3.8) is 0 Å². The molecule has 1 atom stereocenters. The fourth-order valence-electron chi connectivity index (χ4n) is 3.76. The molecule has 0 aliphatic carbocycles. The number of pyridine rings is 1. The molecule has 0 saturated carbocycles. The Kier molecular flexibility index (Phi) is 7.63. The molecular weight excluding hydrogens is 392 g/mol. The van der Waals surface area contributed by atoms with Crippen LogP contribution in [0.5, 0.6) is 0 Å². The normalized spacial score (nSPS) is 15.6. The molecule has 3 rings (SSSR count). The monoisotopic (exact) mass is 424 g/mol. The molecule has 2 heterocycles. The van der Waals surface area contributed by atoms with Crippen LogP contribution in [-0.4, -0.2) is 60.6 Å². The van der Waals surface area contributed by atoms with Gasteiger partial charge in [-0.05, 0) is 43.5 Å². The molecule has 1 saturated heterocycles. The predicted octanol–water partition coefficient (Wildman–Crippen LogP) is 3.53. The molecule has 7 heteroatoms. The molecule has 1 unspecified atom stereocenters. The highest BCUT2D eigenvalue weighted by molar-refractivity contribution is 5.95. The number of carbonyl (C=O) groups is 2. The summed E-state index contributed by atoms with van der Waals surface area (Å²) in [6, 6.07) is 11.3. The van der Waals surface area contributed by atoms with Crippen molar-refractivity contribution < 1.29 is 14.3 Å². The lowest BCUT2D eigenvalue weighted by Crippen LogP contribution is -2.53. The maximum atomic E-state index is 12.9. The molecule has 2 aromatic rings. The lowest BCUT2D eigenvalue weighted by molar-refractivity contribution is -0.120. The lowest BCUT2D eigenvalue weighted by atomic mass is 10.0. The second-order valence-electron chi connectivity index (χ2n) is 8.06. The summed E-state index contributed by atoms with van der Waals surface area (Å²) in [4.78, 5) is 33.4. The van der Waals surface area contributed by atoms with Gasteiger partial charge in [0.15, 0.2) is 0 Å². The average Bonchev–Trinajstić information content (AvgIpc) is 2.79. The Morgan fingerprint density at radius 2 is 1.77 bits per heavy atom. The van der Waals surface area contributed by atoms with Gasteiger partial charge >= 0.3 is 5.97 Å². The molecular formula is C24H32N4O3. The Morgan fingerprint density at radius 1 is 1.06 bits per heavy atom. The summed E-state index contributed by atoms with van der Waals surface area (Å²) in [5.74, 6) is 0.831. The van der Waals surface area contributed by atoms with E-state index in [-0.39, 0.29) is 17.9 Å². The maximum Gasteiger partial charge on any atom is 0.339 e. The fraction of sp³-hybridized carbons (Fsp3) is 0.458. The maximum absolute atomic E-state index is 12.9. The summed E-state index contributed by atoms with van der Waals surface area (Å²) in [7, 11) is 0. The summed E-state index contributed by atoms with van der Waals surface area (Å²) < 4.78 is 5.00. The largest absolute Gasteiger partial charge is 0.462 e. The molecule has 1 aromatic carbocycles. The number of esters is 1. The van der Waals surface area contributed by atoms with Crippen LogP contribution in [0.2, 0.25) is 0 Å². The summed E-state index contributed by atoms with van der Waals surface area (Å²) in [5, 5.41) is 3.11. The second-order valence-corrected chi connectivity index (χ2v) is 8.06. The van der Waals surface area contributed by atoms with Gasteiger partial charge in [-0.2, -0.15) is 0 Å². The van der Waals surface area contributed by atoms with E-state index < -0.39 is 0 Å². The molecule has 1 aliphatic heterocycles. The van der Waals surface area contributed by atoms with Gasteiger partial charge in [0, 0.05) is 38.1 Å². The van der Waals surface area contributed by atoms with Crippen molar-refractivity contribution in [2.24, 2.45) is 0 Å². The highest BCUT2D eigenvalue weighted by atomic mass is 16.5. The molecule has 0 radical (unpaired) electrons. The third-order valence-electron chi connectivity index (χ3n) is 5.67. The van der Waals surface area contributed by atoms with Crippen LogP contribution in [0.3, 0.4) is 0 Å². The van der Waals surface area contributed by atoms with Gasteiger partial charge in [0.25, 0.3) is 0 Å². The van der Waals surface area contributed by atoms with Crippen LogP contribution in [0.25, 0.3) is 0 Å². The van der Waals surface area contributed by atoms with E-state index in [1.54, 1.807) is 19.2 Å². The molecule has 7 nitrogen and oxygen atoms in total. The average molecular weight is 425 g/mol. The van der Waals surface area contributed by atoms with E-state index in [0.717, 1.165) is 43.2 Å². The van der Waals surface area contributed by atoms with Gasteiger partial charge in [-0.3, -0.25) is 9.69 Å². The predicted molar refractivity (Wildman–Crippen MR) is 123 cm³/mol. The van der Waals surface area contributed by atoms with Crippen LogP contribution < -0.4 is 10.2 Å². The van der Waals surface area contributed by atoms with Crippen LogP contribution in [0, 0.1) is 0 Å². The summed E-state index contributed by atoms with van der Waals surface area (Å²) >= 11 is 0. The number of piperazine rings is 1. The topological polar surface area (TPSA) is 74.8 Å². The van der Waals surface area contributed by atoms with E-state index in [2.05, 4.69) is 40.0 Å². The molecule has 166 valence electrons. The number of carbonyl (C=O) groups excluding carboxylic acids is 2. The van der Waals surface area contributed by atoms with Gasteiger partial charge in [0.1, 0.15) is 5.82 Å². The van der Waals surface area contributed by atoms with Crippen LogP contribution >= 0.6 is 0 Å². The van der Waals surface area contributed by atoms with Crippen LogP contribution in [0.4, 0.5) is 11.5 Å². The third kappa shape index (κ3) is 5.61. The quantitative estimate of drug-likeness (QED) is 0.686. The second kappa shape index (κ2) is 10.4. The zero-order chi connectivity index (χ0) is 22.4. The molecule has 0 bridgehead atoms. The number of amides is 1. The summed E-state index contributed by atoms with van der Waals surface area (Å²) in [5.41, 5.74) is 2.49. The number of anilines is 2. The van der Waals surface area contributed by atoms with Crippen molar-refractivity contribution in [3.8, 4) is 0 Å². The van der Waals surface area contributed by atoms with Crippen LogP contribution in [-0.2, 0) is 9.53 Å². The molecule has 1 fully saturated rings. The fourth-order valence-corrected chi connectivity index (χ4v) is 3.76. The number of hydrogen-bond donors (Lipinski definition) is 1. The minimum absolute atomic E-state index is 0.0125. The number of hydrogen-bond acceptors (Lipinski definition) is 6. The van der Waals surface area contributed by atoms with Gasteiger partial charge in [0.05, 0.1) is 18.2 Å². The van der Waals surface area contributed by atoms with E-state index in [4.69, 9.17) is 4.74 Å². The third-order valence-corrected chi connectivity index (χ3v) is 5.67. The van der Waals surface area contributed by atoms with Gasteiger partial charge in [-0.15, -0.1) is 0 Å². The highest BCUT2D eigenvalue weighted by Gasteiger charge is 2.26. The van der Waals surface area contributed by atoms with Crippen LogP contribution in [0.1, 0.15) is 49.5 Å². The number of benzene rings is 1. The number of rotatable bonds is 7. The van der Waals surface area contributed by atoms with Crippen molar-refractivity contribution >= 4 is 23.4 Å². The summed E-state index contributed by atoms with van der Waals surface area (Å²) in [6.07, 6.45) is 1.56. The van der Waals surface area contributed by atoms with E-state index in [0.29, 0.717) is 18.1 Å². The zero-order valence-electron chi connectivity index (χ0n) is 18.8. The van der Waals surface area contributed by atoms with Gasteiger partial charge in [-0.25, -0.2) is 9.78 Å². The first kappa shape index (κ1) is 22.7. The minimum atomic E-state index is -0.356. The molecule has 1 aromatic heterocycles. The Bertz CT molecular complexity index is 890. The number of nitrogens with zero attached hydrogens (tertiary/aromatic N) is 3. The number of para-hydroxylation sites is 1. The van der Waals surface area contributed by atoms with Crippen molar-refractivity contribution in [1.29, 1.82) is 0 Å². The first-order chi connectivity index (χ1) is 14.9. The SMILES string of the molecule is CCOC(=O)c1ccc(N2CCN(C(C)C(=O)Nc3ccccc3C(C)C)CC2)nc1. The summed E-state index contributed by atoms with van der Waals surface area (Å²) in [6.45, 7) is 11.4. The Labute approximate surface area is 184 Å². The highest BCUT2D eigenvalue weighted by Crippen LogP contribution is 2.24. The molecule has 1 N–H and O–H groups in total. The Morgan fingerprint density at radius 3 is 2.39 bits per heavy atom. The van der Waals surface area contributed by atoms with E-state index in [9.17, 15) is 9.59 Å². The van der Waals surface area contributed by atoms with Crippen LogP contribution in [0.15, 0.2) is 42.6 Å².